The molecule has 8 heteroatoms. The number of carbonyl (C=O) groups is 1. The normalized spacial score (nSPS) is 11.1. The Bertz CT molecular complexity index is 1170. The number of methoxy groups -OCH3 is 1. The average molecular weight is 407 g/mol. The monoisotopic (exact) mass is 407 g/mol. The molecule has 2 heterocycles. The smallest absolute Gasteiger partial charge is 0.230 e. The van der Waals surface area contributed by atoms with Crippen LogP contribution >= 0.6 is 11.8 Å². The second-order valence-electron chi connectivity index (χ2n) is 6.53. The molecule has 0 aliphatic rings. The summed E-state index contributed by atoms with van der Waals surface area (Å²) < 4.78 is 5.30. The zero-order chi connectivity index (χ0) is 20.2. The maximum atomic E-state index is 12.2. The van der Waals surface area contributed by atoms with E-state index in [9.17, 15) is 4.79 Å². The fourth-order valence-corrected chi connectivity index (χ4v) is 3.73. The first-order valence-electron chi connectivity index (χ1n) is 9.34. The number of benzene rings is 2. The molecule has 29 heavy (non-hydrogen) atoms. The van der Waals surface area contributed by atoms with Crippen molar-refractivity contribution in [3.8, 4) is 5.75 Å². The molecular weight excluding hydrogens is 386 g/mol. The van der Waals surface area contributed by atoms with Crippen molar-refractivity contribution < 1.29 is 9.53 Å². The Balaban J connectivity index is 1.41. The Kier molecular flexibility index (Phi) is 5.62. The minimum atomic E-state index is -0.103. The summed E-state index contributed by atoms with van der Waals surface area (Å²) in [6.45, 7) is 2.52. The van der Waals surface area contributed by atoms with E-state index in [4.69, 9.17) is 4.74 Å². The van der Waals surface area contributed by atoms with Gasteiger partial charge in [-0.1, -0.05) is 43.0 Å². The van der Waals surface area contributed by atoms with E-state index in [0.717, 1.165) is 34.2 Å². The molecule has 0 saturated heterocycles. The molecule has 4 rings (SSSR count). The number of amides is 1. The van der Waals surface area contributed by atoms with Crippen LogP contribution in [-0.2, 0) is 17.8 Å². The molecular formula is C21H21N5O2S. The SMILES string of the molecule is CCc1ccc2[nH]c3nc(SCC(=O)NCc4ccccc4OC)nnc3c2c1. The van der Waals surface area contributed by atoms with Crippen LogP contribution in [0.5, 0.6) is 5.75 Å². The van der Waals surface area contributed by atoms with E-state index in [1.165, 1.54) is 17.3 Å². The maximum absolute atomic E-state index is 12.2. The Morgan fingerprint density at radius 2 is 2.07 bits per heavy atom. The van der Waals surface area contributed by atoms with Crippen LogP contribution in [0.1, 0.15) is 18.1 Å². The summed E-state index contributed by atoms with van der Waals surface area (Å²) in [4.78, 5) is 20.0. The van der Waals surface area contributed by atoms with Crippen LogP contribution in [0.2, 0.25) is 0 Å². The third kappa shape index (κ3) is 4.17. The fraction of sp³-hybridized carbons (Fsp3) is 0.238. The Morgan fingerprint density at radius 3 is 2.90 bits per heavy atom. The summed E-state index contributed by atoms with van der Waals surface area (Å²) in [6, 6.07) is 13.8. The van der Waals surface area contributed by atoms with Gasteiger partial charge in [0.25, 0.3) is 0 Å². The van der Waals surface area contributed by atoms with Crippen LogP contribution in [0.3, 0.4) is 0 Å². The maximum Gasteiger partial charge on any atom is 0.230 e. The van der Waals surface area contributed by atoms with Gasteiger partial charge in [-0.05, 0) is 30.2 Å². The van der Waals surface area contributed by atoms with E-state index in [-0.39, 0.29) is 11.7 Å². The minimum absolute atomic E-state index is 0.103. The highest BCUT2D eigenvalue weighted by Crippen LogP contribution is 2.25. The summed E-state index contributed by atoms with van der Waals surface area (Å²) in [7, 11) is 1.62. The third-order valence-electron chi connectivity index (χ3n) is 4.67. The molecule has 2 aromatic heterocycles. The van der Waals surface area contributed by atoms with Crippen molar-refractivity contribution in [1.29, 1.82) is 0 Å². The van der Waals surface area contributed by atoms with E-state index in [2.05, 4.69) is 44.5 Å². The number of H-pyrrole nitrogens is 1. The zero-order valence-electron chi connectivity index (χ0n) is 16.2. The molecule has 0 aliphatic heterocycles. The van der Waals surface area contributed by atoms with Crippen LogP contribution in [0.4, 0.5) is 0 Å². The van der Waals surface area contributed by atoms with Gasteiger partial charge in [-0.15, -0.1) is 10.2 Å². The van der Waals surface area contributed by atoms with Crippen molar-refractivity contribution in [1.82, 2.24) is 25.5 Å². The van der Waals surface area contributed by atoms with Gasteiger partial charge in [-0.25, -0.2) is 4.98 Å². The Labute approximate surface area is 172 Å². The zero-order valence-corrected chi connectivity index (χ0v) is 17.0. The van der Waals surface area contributed by atoms with Crippen LogP contribution < -0.4 is 10.1 Å². The van der Waals surface area contributed by atoms with Gasteiger partial charge < -0.3 is 15.0 Å². The predicted octanol–water partition coefficient (Wildman–Crippen LogP) is 3.49. The first-order valence-corrected chi connectivity index (χ1v) is 10.3. The van der Waals surface area contributed by atoms with Gasteiger partial charge in [-0.3, -0.25) is 4.79 Å². The summed E-state index contributed by atoms with van der Waals surface area (Å²) in [6.07, 6.45) is 0.960. The molecule has 7 nitrogen and oxygen atoms in total. The highest BCUT2D eigenvalue weighted by molar-refractivity contribution is 7.99. The molecule has 0 radical (unpaired) electrons. The Morgan fingerprint density at radius 1 is 1.21 bits per heavy atom. The number of carbonyl (C=O) groups excluding carboxylic acids is 1. The largest absolute Gasteiger partial charge is 0.496 e. The number of rotatable bonds is 7. The van der Waals surface area contributed by atoms with Crippen molar-refractivity contribution >= 4 is 39.7 Å². The highest BCUT2D eigenvalue weighted by atomic mass is 32.2. The van der Waals surface area contributed by atoms with Gasteiger partial charge in [0.05, 0.1) is 12.9 Å². The van der Waals surface area contributed by atoms with E-state index >= 15 is 0 Å². The molecule has 148 valence electrons. The lowest BCUT2D eigenvalue weighted by atomic mass is 10.1. The quantitative estimate of drug-likeness (QED) is 0.456. The lowest BCUT2D eigenvalue weighted by Crippen LogP contribution is -2.24. The summed E-state index contributed by atoms with van der Waals surface area (Å²) in [5.41, 5.74) is 4.58. The fourth-order valence-electron chi connectivity index (χ4n) is 3.11. The Hall–Kier alpha value is -3.13. The first-order chi connectivity index (χ1) is 14.2. The molecule has 0 aliphatic carbocycles. The molecule has 1 amide bonds. The summed E-state index contributed by atoms with van der Waals surface area (Å²) >= 11 is 1.26. The van der Waals surface area contributed by atoms with Crippen molar-refractivity contribution in [2.75, 3.05) is 12.9 Å². The number of para-hydroxylation sites is 1. The molecule has 0 fully saturated rings. The predicted molar refractivity (Wildman–Crippen MR) is 114 cm³/mol. The van der Waals surface area contributed by atoms with Crippen LogP contribution in [0.15, 0.2) is 47.6 Å². The van der Waals surface area contributed by atoms with Crippen molar-refractivity contribution in [2.24, 2.45) is 0 Å². The number of nitrogens with zero attached hydrogens (tertiary/aromatic N) is 3. The topological polar surface area (TPSA) is 92.8 Å². The standard InChI is InChI=1S/C21H21N5O2S/c1-3-13-8-9-16-15(10-13)19-20(23-16)24-21(26-25-19)29-12-18(27)22-11-14-6-4-5-7-17(14)28-2/h4-10H,3,11-12H2,1-2H3,(H,22,27)(H,23,24,26). The number of ether oxygens (including phenoxy) is 1. The van der Waals surface area contributed by atoms with E-state index in [1.54, 1.807) is 7.11 Å². The number of fused-ring (bicyclic) bond motifs is 3. The van der Waals surface area contributed by atoms with E-state index in [0.29, 0.717) is 17.3 Å². The number of aromatic amines is 1. The molecule has 0 saturated carbocycles. The number of aromatic nitrogens is 4. The molecule has 2 N–H and O–H groups in total. The lowest BCUT2D eigenvalue weighted by molar-refractivity contribution is -0.118. The molecule has 4 aromatic rings. The highest BCUT2D eigenvalue weighted by Gasteiger charge is 2.12. The molecule has 0 bridgehead atoms. The number of thioether (sulfide) groups is 1. The number of hydrogen-bond acceptors (Lipinski definition) is 6. The summed E-state index contributed by atoms with van der Waals surface area (Å²) in [5.74, 6) is 0.861. The molecule has 0 spiro atoms. The van der Waals surface area contributed by atoms with Crippen LogP contribution in [0.25, 0.3) is 22.1 Å². The third-order valence-corrected chi connectivity index (χ3v) is 5.51. The molecule has 2 aromatic carbocycles. The van der Waals surface area contributed by atoms with Crippen molar-refractivity contribution in [3.05, 3.63) is 53.6 Å². The number of aryl methyl sites for hydroxylation is 1. The first kappa shape index (κ1) is 19.2. The van der Waals surface area contributed by atoms with E-state index in [1.807, 2.05) is 30.3 Å². The van der Waals surface area contributed by atoms with Gasteiger partial charge in [0.15, 0.2) is 5.65 Å². The average Bonchev–Trinajstić information content (AvgIpc) is 3.13. The molecule has 0 atom stereocenters. The second kappa shape index (κ2) is 8.48. The number of hydrogen-bond donors (Lipinski definition) is 2. The van der Waals surface area contributed by atoms with Gasteiger partial charge >= 0.3 is 0 Å². The van der Waals surface area contributed by atoms with Crippen molar-refractivity contribution in [3.63, 3.8) is 0 Å². The van der Waals surface area contributed by atoms with E-state index < -0.39 is 0 Å². The minimum Gasteiger partial charge on any atom is -0.496 e. The second-order valence-corrected chi connectivity index (χ2v) is 7.47. The van der Waals surface area contributed by atoms with Crippen LogP contribution in [0, 0.1) is 0 Å². The lowest BCUT2D eigenvalue weighted by Gasteiger charge is -2.09. The van der Waals surface area contributed by atoms with Gasteiger partial charge in [0.2, 0.25) is 11.1 Å². The molecule has 0 unspecified atom stereocenters. The van der Waals surface area contributed by atoms with Gasteiger partial charge in [0.1, 0.15) is 11.3 Å². The van der Waals surface area contributed by atoms with Gasteiger partial charge in [0, 0.05) is 23.0 Å². The van der Waals surface area contributed by atoms with Crippen molar-refractivity contribution in [2.45, 2.75) is 25.0 Å². The summed E-state index contributed by atoms with van der Waals surface area (Å²) in [5, 5.41) is 12.9. The van der Waals surface area contributed by atoms with Crippen LogP contribution in [-0.4, -0.2) is 38.9 Å². The van der Waals surface area contributed by atoms with Gasteiger partial charge in [-0.2, -0.15) is 0 Å². The number of nitrogens with one attached hydrogen (secondary N) is 2.